The van der Waals surface area contributed by atoms with Crippen molar-refractivity contribution < 1.29 is 14.7 Å². The largest absolute Gasteiger partial charge is 0.480 e. The number of aliphatic carboxylic acids is 1. The van der Waals surface area contributed by atoms with Crippen LogP contribution < -0.4 is 10.6 Å². The Labute approximate surface area is 123 Å². The minimum absolute atomic E-state index is 0.150. The van der Waals surface area contributed by atoms with Gasteiger partial charge >= 0.3 is 12.0 Å². The molecule has 2 unspecified atom stereocenters. The SMILES string of the molecule is CCC(C)C(NC(=O)NCc1ccc(C#N)cc1)C(=O)O. The van der Waals surface area contributed by atoms with E-state index in [-0.39, 0.29) is 12.5 Å². The molecule has 0 fully saturated rings. The Hall–Kier alpha value is -2.55. The molecule has 1 aromatic rings. The lowest BCUT2D eigenvalue weighted by Crippen LogP contribution is -2.48. The van der Waals surface area contributed by atoms with Crippen LogP contribution in [-0.4, -0.2) is 23.1 Å². The van der Waals surface area contributed by atoms with Gasteiger partial charge in [0.05, 0.1) is 11.6 Å². The molecule has 0 aromatic heterocycles. The molecule has 6 heteroatoms. The van der Waals surface area contributed by atoms with Crippen molar-refractivity contribution in [2.45, 2.75) is 32.9 Å². The second kappa shape index (κ2) is 7.90. The van der Waals surface area contributed by atoms with Crippen molar-refractivity contribution in [3.63, 3.8) is 0 Å². The lowest BCUT2D eigenvalue weighted by Gasteiger charge is -2.20. The van der Waals surface area contributed by atoms with Crippen LogP contribution in [-0.2, 0) is 11.3 Å². The van der Waals surface area contributed by atoms with Gasteiger partial charge in [-0.05, 0) is 23.6 Å². The third-order valence-electron chi connectivity index (χ3n) is 3.30. The minimum Gasteiger partial charge on any atom is -0.480 e. The Bertz CT molecular complexity index is 534. The molecule has 1 aromatic carbocycles. The molecule has 2 atom stereocenters. The number of urea groups is 1. The van der Waals surface area contributed by atoms with Crippen molar-refractivity contribution in [2.24, 2.45) is 5.92 Å². The Kier molecular flexibility index (Phi) is 6.21. The van der Waals surface area contributed by atoms with E-state index >= 15 is 0 Å². The average molecular weight is 289 g/mol. The zero-order valence-electron chi connectivity index (χ0n) is 12.1. The number of nitrogens with zero attached hydrogens (tertiary/aromatic N) is 1. The molecule has 0 heterocycles. The minimum atomic E-state index is -1.04. The van der Waals surface area contributed by atoms with E-state index < -0.39 is 18.0 Å². The maximum atomic E-state index is 11.7. The number of nitrogens with one attached hydrogen (secondary N) is 2. The van der Waals surface area contributed by atoms with Crippen LogP contribution in [0.2, 0.25) is 0 Å². The number of benzene rings is 1. The van der Waals surface area contributed by atoms with E-state index in [1.807, 2.05) is 13.0 Å². The monoisotopic (exact) mass is 289 g/mol. The molecule has 1 rings (SSSR count). The van der Waals surface area contributed by atoms with Gasteiger partial charge in [-0.2, -0.15) is 5.26 Å². The van der Waals surface area contributed by atoms with Gasteiger partial charge in [0.1, 0.15) is 6.04 Å². The first-order valence-electron chi connectivity index (χ1n) is 6.74. The van der Waals surface area contributed by atoms with Gasteiger partial charge in [-0.1, -0.05) is 32.4 Å². The highest BCUT2D eigenvalue weighted by Gasteiger charge is 2.24. The highest BCUT2D eigenvalue weighted by atomic mass is 16.4. The molecule has 0 aliphatic heterocycles. The number of nitriles is 1. The van der Waals surface area contributed by atoms with Crippen molar-refractivity contribution in [3.8, 4) is 6.07 Å². The summed E-state index contributed by atoms with van der Waals surface area (Å²) in [5.74, 6) is -1.19. The fourth-order valence-corrected chi connectivity index (χ4v) is 1.75. The van der Waals surface area contributed by atoms with E-state index in [4.69, 9.17) is 10.4 Å². The second-order valence-electron chi connectivity index (χ2n) is 4.84. The van der Waals surface area contributed by atoms with Crippen molar-refractivity contribution in [2.75, 3.05) is 0 Å². The zero-order valence-corrected chi connectivity index (χ0v) is 12.1. The maximum Gasteiger partial charge on any atom is 0.326 e. The predicted octanol–water partition coefficient (Wildman–Crippen LogP) is 1.86. The lowest BCUT2D eigenvalue weighted by molar-refractivity contribution is -0.140. The van der Waals surface area contributed by atoms with E-state index in [9.17, 15) is 9.59 Å². The molecule has 0 aliphatic carbocycles. The van der Waals surface area contributed by atoms with Crippen molar-refractivity contribution in [1.82, 2.24) is 10.6 Å². The van der Waals surface area contributed by atoms with Gasteiger partial charge in [0.2, 0.25) is 0 Å². The number of rotatable bonds is 6. The van der Waals surface area contributed by atoms with Gasteiger partial charge in [-0.25, -0.2) is 9.59 Å². The van der Waals surface area contributed by atoms with Crippen LogP contribution in [0.15, 0.2) is 24.3 Å². The number of hydrogen-bond acceptors (Lipinski definition) is 3. The average Bonchev–Trinajstić information content (AvgIpc) is 2.50. The molecule has 0 saturated heterocycles. The second-order valence-corrected chi connectivity index (χ2v) is 4.84. The standard InChI is InChI=1S/C15H19N3O3/c1-3-10(2)13(14(19)20)18-15(21)17-9-12-6-4-11(8-16)5-7-12/h4-7,10,13H,3,9H2,1-2H3,(H,19,20)(H2,17,18,21). The van der Waals surface area contributed by atoms with Crippen LogP contribution >= 0.6 is 0 Å². The van der Waals surface area contributed by atoms with E-state index in [1.165, 1.54) is 0 Å². The quantitative estimate of drug-likeness (QED) is 0.743. The Morgan fingerprint density at radius 2 is 1.95 bits per heavy atom. The highest BCUT2D eigenvalue weighted by molar-refractivity contribution is 5.82. The third kappa shape index (κ3) is 5.15. The first-order chi connectivity index (χ1) is 9.97. The maximum absolute atomic E-state index is 11.7. The van der Waals surface area contributed by atoms with E-state index in [1.54, 1.807) is 31.2 Å². The lowest BCUT2D eigenvalue weighted by atomic mass is 9.99. The van der Waals surface area contributed by atoms with Gasteiger partial charge in [0, 0.05) is 6.54 Å². The summed E-state index contributed by atoms with van der Waals surface area (Å²) in [6.07, 6.45) is 0.660. The summed E-state index contributed by atoms with van der Waals surface area (Å²) in [4.78, 5) is 22.8. The Balaban J connectivity index is 2.52. The molecule has 0 bridgehead atoms. The topological polar surface area (TPSA) is 102 Å². The number of amides is 2. The van der Waals surface area contributed by atoms with E-state index in [0.717, 1.165) is 5.56 Å². The van der Waals surface area contributed by atoms with Crippen LogP contribution in [0.5, 0.6) is 0 Å². The van der Waals surface area contributed by atoms with Crippen molar-refractivity contribution in [1.29, 1.82) is 5.26 Å². The smallest absolute Gasteiger partial charge is 0.326 e. The fourth-order valence-electron chi connectivity index (χ4n) is 1.75. The zero-order chi connectivity index (χ0) is 15.8. The third-order valence-corrected chi connectivity index (χ3v) is 3.30. The van der Waals surface area contributed by atoms with E-state index in [0.29, 0.717) is 12.0 Å². The van der Waals surface area contributed by atoms with Crippen LogP contribution in [0.25, 0.3) is 0 Å². The predicted molar refractivity (Wildman–Crippen MR) is 77.4 cm³/mol. The number of hydrogen-bond donors (Lipinski definition) is 3. The van der Waals surface area contributed by atoms with Crippen LogP contribution in [0.4, 0.5) is 4.79 Å². The Morgan fingerprint density at radius 3 is 2.43 bits per heavy atom. The molecule has 3 N–H and O–H groups in total. The first kappa shape index (κ1) is 16.5. The van der Waals surface area contributed by atoms with Gasteiger partial charge in [0.25, 0.3) is 0 Å². The molecule has 6 nitrogen and oxygen atoms in total. The summed E-state index contributed by atoms with van der Waals surface area (Å²) in [6, 6.07) is 7.38. The fraction of sp³-hybridized carbons (Fsp3) is 0.400. The molecule has 2 amide bonds. The molecule has 0 radical (unpaired) electrons. The van der Waals surface area contributed by atoms with Crippen molar-refractivity contribution >= 4 is 12.0 Å². The number of carbonyl (C=O) groups is 2. The van der Waals surface area contributed by atoms with Gasteiger partial charge in [-0.3, -0.25) is 0 Å². The summed E-state index contributed by atoms with van der Waals surface area (Å²) in [5, 5.41) is 22.8. The molecule has 112 valence electrons. The van der Waals surface area contributed by atoms with Crippen LogP contribution in [0, 0.1) is 17.2 Å². The summed E-state index contributed by atoms with van der Waals surface area (Å²) < 4.78 is 0. The number of carboxylic acids is 1. The summed E-state index contributed by atoms with van der Waals surface area (Å²) >= 11 is 0. The van der Waals surface area contributed by atoms with Gasteiger partial charge in [0.15, 0.2) is 0 Å². The number of carboxylic acid groups (broad SMARTS) is 1. The molecule has 0 saturated carbocycles. The van der Waals surface area contributed by atoms with Crippen LogP contribution in [0.3, 0.4) is 0 Å². The molecular formula is C15H19N3O3. The normalized spacial score (nSPS) is 12.8. The molecule has 0 aliphatic rings. The first-order valence-corrected chi connectivity index (χ1v) is 6.74. The van der Waals surface area contributed by atoms with Crippen LogP contribution in [0.1, 0.15) is 31.4 Å². The molecule has 21 heavy (non-hydrogen) atoms. The highest BCUT2D eigenvalue weighted by Crippen LogP contribution is 2.08. The molecule has 0 spiro atoms. The Morgan fingerprint density at radius 1 is 1.33 bits per heavy atom. The van der Waals surface area contributed by atoms with Gasteiger partial charge in [-0.15, -0.1) is 0 Å². The van der Waals surface area contributed by atoms with E-state index in [2.05, 4.69) is 10.6 Å². The van der Waals surface area contributed by atoms with Crippen molar-refractivity contribution in [3.05, 3.63) is 35.4 Å². The molecular weight excluding hydrogens is 270 g/mol. The summed E-state index contributed by atoms with van der Waals surface area (Å²) in [6.45, 7) is 3.92. The number of carbonyl (C=O) groups excluding carboxylic acids is 1. The summed E-state index contributed by atoms with van der Waals surface area (Å²) in [7, 11) is 0. The summed E-state index contributed by atoms with van der Waals surface area (Å²) in [5.41, 5.74) is 1.38. The van der Waals surface area contributed by atoms with Gasteiger partial charge < -0.3 is 15.7 Å².